The molecule has 0 saturated carbocycles. The van der Waals surface area contributed by atoms with Crippen molar-refractivity contribution < 1.29 is 9.59 Å². The molecule has 1 heterocycles. The van der Waals surface area contributed by atoms with Crippen molar-refractivity contribution in [2.24, 2.45) is 5.73 Å². The van der Waals surface area contributed by atoms with Gasteiger partial charge in [0.1, 0.15) is 0 Å². The second-order valence-electron chi connectivity index (χ2n) is 5.78. The van der Waals surface area contributed by atoms with E-state index in [-0.39, 0.29) is 24.4 Å². The van der Waals surface area contributed by atoms with Crippen LogP contribution in [0.4, 0.5) is 0 Å². The van der Waals surface area contributed by atoms with Crippen LogP contribution in [0.25, 0.3) is 0 Å². The molecule has 2 amide bonds. The highest BCUT2D eigenvalue weighted by atomic mass is 16.2. The lowest BCUT2D eigenvalue weighted by Crippen LogP contribution is -2.48. The van der Waals surface area contributed by atoms with Crippen LogP contribution in [0.3, 0.4) is 0 Å². The monoisotopic (exact) mass is 298 g/mol. The summed E-state index contributed by atoms with van der Waals surface area (Å²) >= 11 is 0. The smallest absolute Gasteiger partial charge is 0.239 e. The van der Waals surface area contributed by atoms with Gasteiger partial charge in [-0.15, -0.1) is 0 Å². The third kappa shape index (κ3) is 6.91. The zero-order chi connectivity index (χ0) is 15.7. The van der Waals surface area contributed by atoms with Crippen molar-refractivity contribution in [3.63, 3.8) is 0 Å². The predicted molar refractivity (Wildman–Crippen MR) is 83.8 cm³/mol. The van der Waals surface area contributed by atoms with Gasteiger partial charge in [0.25, 0.3) is 0 Å². The zero-order valence-corrected chi connectivity index (χ0v) is 13.4. The molecule has 6 nitrogen and oxygen atoms in total. The molecule has 1 aliphatic rings. The van der Waals surface area contributed by atoms with Crippen LogP contribution in [0.1, 0.15) is 39.5 Å². The summed E-state index contributed by atoms with van der Waals surface area (Å²) in [5, 5.41) is 2.82. The second kappa shape index (κ2) is 9.73. The molecule has 1 fully saturated rings. The summed E-state index contributed by atoms with van der Waals surface area (Å²) in [6.45, 7) is 7.63. The van der Waals surface area contributed by atoms with E-state index in [0.717, 1.165) is 38.8 Å². The average Bonchev–Trinajstić information content (AvgIpc) is 2.47. The number of hydrogen-bond donors (Lipinski definition) is 2. The molecule has 122 valence electrons. The van der Waals surface area contributed by atoms with E-state index >= 15 is 0 Å². The van der Waals surface area contributed by atoms with Gasteiger partial charge in [-0.05, 0) is 25.7 Å². The summed E-state index contributed by atoms with van der Waals surface area (Å²) in [5.74, 6) is -0.0294. The fourth-order valence-electron chi connectivity index (χ4n) is 2.46. The topological polar surface area (TPSA) is 78.7 Å². The first-order valence-electron chi connectivity index (χ1n) is 8.09. The van der Waals surface area contributed by atoms with Gasteiger partial charge in [-0.25, -0.2) is 0 Å². The third-order valence-electron chi connectivity index (χ3n) is 3.74. The van der Waals surface area contributed by atoms with E-state index in [4.69, 9.17) is 5.73 Å². The Morgan fingerprint density at radius 3 is 2.48 bits per heavy atom. The van der Waals surface area contributed by atoms with E-state index in [2.05, 4.69) is 10.2 Å². The van der Waals surface area contributed by atoms with Crippen molar-refractivity contribution in [2.75, 3.05) is 39.3 Å². The summed E-state index contributed by atoms with van der Waals surface area (Å²) in [7, 11) is 0. The average molecular weight is 298 g/mol. The second-order valence-corrected chi connectivity index (χ2v) is 5.78. The fourth-order valence-corrected chi connectivity index (χ4v) is 2.46. The van der Waals surface area contributed by atoms with Crippen molar-refractivity contribution >= 4 is 11.8 Å². The summed E-state index contributed by atoms with van der Waals surface area (Å²) < 4.78 is 0. The van der Waals surface area contributed by atoms with Crippen LogP contribution in [-0.2, 0) is 9.59 Å². The van der Waals surface area contributed by atoms with Gasteiger partial charge in [0.2, 0.25) is 11.8 Å². The molecule has 1 aliphatic heterocycles. The Labute approximate surface area is 128 Å². The molecular formula is C15H30N4O2. The van der Waals surface area contributed by atoms with Gasteiger partial charge < -0.3 is 16.0 Å². The Balaban J connectivity index is 2.42. The van der Waals surface area contributed by atoms with Crippen LogP contribution < -0.4 is 11.1 Å². The predicted octanol–water partition coefficient (Wildman–Crippen LogP) is 0.174. The summed E-state index contributed by atoms with van der Waals surface area (Å²) in [6, 6.07) is 0.267. The lowest BCUT2D eigenvalue weighted by Gasteiger charge is -2.31. The maximum atomic E-state index is 12.4. The third-order valence-corrected chi connectivity index (χ3v) is 3.74. The molecule has 0 spiro atoms. The van der Waals surface area contributed by atoms with Gasteiger partial charge in [-0.3, -0.25) is 14.5 Å². The van der Waals surface area contributed by atoms with Gasteiger partial charge in [0, 0.05) is 32.2 Å². The Morgan fingerprint density at radius 1 is 1.24 bits per heavy atom. The number of rotatable bonds is 8. The highest BCUT2D eigenvalue weighted by molar-refractivity contribution is 5.85. The highest BCUT2D eigenvalue weighted by Crippen LogP contribution is 2.08. The first-order valence-corrected chi connectivity index (χ1v) is 8.09. The number of amides is 2. The number of nitrogens with two attached hydrogens (primary N) is 1. The molecule has 0 aliphatic carbocycles. The maximum absolute atomic E-state index is 12.4. The number of likely N-dealkylation sites (tertiary alicyclic amines) is 1. The normalized spacial score (nSPS) is 16.7. The van der Waals surface area contributed by atoms with Gasteiger partial charge in [-0.2, -0.15) is 0 Å². The van der Waals surface area contributed by atoms with Gasteiger partial charge in [0.05, 0.1) is 13.1 Å². The Hall–Kier alpha value is -1.14. The highest BCUT2D eigenvalue weighted by Gasteiger charge is 2.22. The molecule has 0 atom stereocenters. The molecule has 1 rings (SSSR count). The molecule has 21 heavy (non-hydrogen) atoms. The van der Waals surface area contributed by atoms with E-state index < -0.39 is 0 Å². The molecule has 0 aromatic carbocycles. The maximum Gasteiger partial charge on any atom is 0.239 e. The first kappa shape index (κ1) is 17.9. The van der Waals surface area contributed by atoms with E-state index in [1.807, 2.05) is 13.8 Å². The van der Waals surface area contributed by atoms with Crippen molar-refractivity contribution in [3.8, 4) is 0 Å². The van der Waals surface area contributed by atoms with Crippen LogP contribution in [0.2, 0.25) is 0 Å². The van der Waals surface area contributed by atoms with E-state index in [1.165, 1.54) is 0 Å². The standard InChI is InChI=1S/C15H30N4O2/c1-3-7-17-14(20)11-19(8-4-2)15(21)12-18-9-5-13(16)6-10-18/h13H,3-12,16H2,1-2H3,(H,17,20). The Kier molecular flexibility index (Phi) is 8.30. The summed E-state index contributed by atoms with van der Waals surface area (Å²) in [6.07, 6.45) is 3.65. The van der Waals surface area contributed by atoms with Crippen molar-refractivity contribution in [1.29, 1.82) is 0 Å². The molecule has 0 aromatic rings. The summed E-state index contributed by atoms with van der Waals surface area (Å²) in [4.78, 5) is 28.0. The molecular weight excluding hydrogens is 268 g/mol. The minimum Gasteiger partial charge on any atom is -0.355 e. The van der Waals surface area contributed by atoms with Gasteiger partial charge in [-0.1, -0.05) is 13.8 Å². The van der Waals surface area contributed by atoms with Gasteiger partial charge >= 0.3 is 0 Å². The molecule has 1 saturated heterocycles. The SMILES string of the molecule is CCCNC(=O)CN(CCC)C(=O)CN1CCC(N)CC1. The van der Waals surface area contributed by atoms with Crippen LogP contribution in [0.15, 0.2) is 0 Å². The Bertz CT molecular complexity index is 328. The molecule has 0 radical (unpaired) electrons. The molecule has 6 heteroatoms. The zero-order valence-electron chi connectivity index (χ0n) is 13.4. The van der Waals surface area contributed by atoms with Crippen molar-refractivity contribution in [3.05, 3.63) is 0 Å². The van der Waals surface area contributed by atoms with Crippen molar-refractivity contribution in [1.82, 2.24) is 15.1 Å². The number of carbonyl (C=O) groups is 2. The van der Waals surface area contributed by atoms with Crippen LogP contribution in [-0.4, -0.2) is 66.9 Å². The van der Waals surface area contributed by atoms with Crippen molar-refractivity contribution in [2.45, 2.75) is 45.6 Å². The quantitative estimate of drug-likeness (QED) is 0.670. The van der Waals surface area contributed by atoms with E-state index in [1.54, 1.807) is 4.90 Å². The number of nitrogens with zero attached hydrogens (tertiary/aromatic N) is 2. The Morgan fingerprint density at radius 2 is 1.90 bits per heavy atom. The largest absolute Gasteiger partial charge is 0.355 e. The fraction of sp³-hybridized carbons (Fsp3) is 0.867. The lowest BCUT2D eigenvalue weighted by atomic mass is 10.1. The number of piperidine rings is 1. The molecule has 0 bridgehead atoms. The number of hydrogen-bond acceptors (Lipinski definition) is 4. The number of nitrogens with one attached hydrogen (secondary N) is 1. The van der Waals surface area contributed by atoms with Gasteiger partial charge in [0.15, 0.2) is 0 Å². The number of carbonyl (C=O) groups excluding carboxylic acids is 2. The van der Waals surface area contributed by atoms with Crippen LogP contribution in [0, 0.1) is 0 Å². The summed E-state index contributed by atoms with van der Waals surface area (Å²) in [5.41, 5.74) is 5.87. The van der Waals surface area contributed by atoms with Crippen LogP contribution >= 0.6 is 0 Å². The van der Waals surface area contributed by atoms with E-state index in [9.17, 15) is 9.59 Å². The minimum absolute atomic E-state index is 0.0407. The van der Waals surface area contributed by atoms with Crippen LogP contribution in [0.5, 0.6) is 0 Å². The molecule has 0 unspecified atom stereocenters. The minimum atomic E-state index is -0.0701. The molecule has 0 aromatic heterocycles. The van der Waals surface area contributed by atoms with E-state index in [0.29, 0.717) is 19.6 Å². The lowest BCUT2D eigenvalue weighted by molar-refractivity contribution is -0.137. The first-order chi connectivity index (χ1) is 10.1. The molecule has 3 N–H and O–H groups in total.